The lowest BCUT2D eigenvalue weighted by molar-refractivity contribution is 0.588. The van der Waals surface area contributed by atoms with Crippen LogP contribution in [-0.2, 0) is 6.54 Å². The van der Waals surface area contributed by atoms with Crippen molar-refractivity contribution in [2.45, 2.75) is 11.8 Å². The van der Waals surface area contributed by atoms with Crippen LogP contribution in [0.15, 0.2) is 18.2 Å². The van der Waals surface area contributed by atoms with Crippen LogP contribution in [0.1, 0.15) is 5.56 Å². The summed E-state index contributed by atoms with van der Waals surface area (Å²) in [7, 11) is 0. The zero-order valence-corrected chi connectivity index (χ0v) is 11.8. The van der Waals surface area contributed by atoms with Crippen LogP contribution in [0.25, 0.3) is 0 Å². The normalized spacial score (nSPS) is 20.5. The van der Waals surface area contributed by atoms with Gasteiger partial charge in [-0.15, -0.1) is 0 Å². The summed E-state index contributed by atoms with van der Waals surface area (Å²) in [5.74, 6) is 3.43. The van der Waals surface area contributed by atoms with Gasteiger partial charge in [0.25, 0.3) is 0 Å². The van der Waals surface area contributed by atoms with E-state index in [1.165, 1.54) is 23.3 Å². The van der Waals surface area contributed by atoms with E-state index < -0.39 is 0 Å². The lowest BCUT2D eigenvalue weighted by Gasteiger charge is -2.21. The predicted octanol–water partition coefficient (Wildman–Crippen LogP) is 3.42. The summed E-state index contributed by atoms with van der Waals surface area (Å²) in [6.45, 7) is 1.43. The molecular weight excluding hydrogens is 277 g/mol. The first-order valence-electron chi connectivity index (χ1n) is 5.60. The van der Waals surface area contributed by atoms with E-state index in [9.17, 15) is 4.39 Å². The molecule has 1 saturated heterocycles. The highest BCUT2D eigenvalue weighted by molar-refractivity contribution is 8.06. The van der Waals surface area contributed by atoms with Crippen LogP contribution in [0, 0.1) is 5.82 Å². The summed E-state index contributed by atoms with van der Waals surface area (Å²) in [4.78, 5) is 0. The van der Waals surface area contributed by atoms with Crippen molar-refractivity contribution in [2.75, 3.05) is 23.8 Å². The Morgan fingerprint density at radius 1 is 1.41 bits per heavy atom. The molecule has 1 aliphatic heterocycles. The second-order valence-electron chi connectivity index (χ2n) is 3.90. The molecule has 0 bridgehead atoms. The van der Waals surface area contributed by atoms with Crippen molar-refractivity contribution in [1.29, 1.82) is 0 Å². The average molecular weight is 292 g/mol. The van der Waals surface area contributed by atoms with Gasteiger partial charge in [-0.2, -0.15) is 23.5 Å². The number of thioether (sulfide) groups is 2. The first-order valence-corrected chi connectivity index (χ1v) is 8.18. The van der Waals surface area contributed by atoms with Crippen molar-refractivity contribution in [3.8, 4) is 0 Å². The summed E-state index contributed by atoms with van der Waals surface area (Å²) in [6, 6.07) is 4.82. The highest BCUT2D eigenvalue weighted by Gasteiger charge is 2.14. The fourth-order valence-electron chi connectivity index (χ4n) is 1.71. The molecule has 0 radical (unpaired) electrons. The Hall–Kier alpha value is 0.1000. The van der Waals surface area contributed by atoms with Gasteiger partial charge >= 0.3 is 0 Å². The molecule has 1 aromatic rings. The molecule has 0 aromatic heterocycles. The van der Waals surface area contributed by atoms with E-state index in [1.807, 2.05) is 23.5 Å². The van der Waals surface area contributed by atoms with Crippen LogP contribution in [0.4, 0.5) is 4.39 Å². The first-order chi connectivity index (χ1) is 8.27. The van der Waals surface area contributed by atoms with Gasteiger partial charge in [0.1, 0.15) is 5.82 Å². The van der Waals surface area contributed by atoms with Gasteiger partial charge in [0.05, 0.1) is 0 Å². The maximum Gasteiger partial charge on any atom is 0.129 e. The molecule has 1 N–H and O–H groups in total. The van der Waals surface area contributed by atoms with Crippen molar-refractivity contribution < 1.29 is 4.39 Å². The summed E-state index contributed by atoms with van der Waals surface area (Å²) in [5, 5.41) is 4.44. The molecule has 1 aromatic carbocycles. The zero-order valence-electron chi connectivity index (χ0n) is 9.42. The van der Waals surface area contributed by atoms with E-state index in [-0.39, 0.29) is 5.82 Å². The molecule has 2 rings (SSSR count). The molecule has 1 aliphatic rings. The highest BCUT2D eigenvalue weighted by atomic mass is 35.5. The van der Waals surface area contributed by atoms with Crippen LogP contribution < -0.4 is 5.32 Å². The number of hydrogen-bond donors (Lipinski definition) is 1. The van der Waals surface area contributed by atoms with Gasteiger partial charge in [-0.05, 0) is 12.1 Å². The molecule has 0 spiro atoms. The van der Waals surface area contributed by atoms with E-state index >= 15 is 0 Å². The third-order valence-corrected chi connectivity index (χ3v) is 5.82. The maximum atomic E-state index is 13.5. The fraction of sp³-hybridized carbons (Fsp3) is 0.500. The predicted molar refractivity (Wildman–Crippen MR) is 76.7 cm³/mol. The van der Waals surface area contributed by atoms with Crippen molar-refractivity contribution in [2.24, 2.45) is 0 Å². The van der Waals surface area contributed by atoms with Gasteiger partial charge in [0.2, 0.25) is 0 Å². The molecule has 1 atom stereocenters. The minimum absolute atomic E-state index is 0.226. The largest absolute Gasteiger partial charge is 0.311 e. The standard InChI is InChI=1S/C12H15ClFNS2/c13-11-2-1-3-12(14)10(11)7-15-6-9-8-16-4-5-17-9/h1-3,9,15H,4-8H2/t9-/m1/s1. The second kappa shape index (κ2) is 6.88. The van der Waals surface area contributed by atoms with E-state index in [0.717, 1.165) is 6.54 Å². The quantitative estimate of drug-likeness (QED) is 0.913. The van der Waals surface area contributed by atoms with Crippen molar-refractivity contribution in [1.82, 2.24) is 5.32 Å². The number of halogens is 2. The Morgan fingerprint density at radius 3 is 3.00 bits per heavy atom. The van der Waals surface area contributed by atoms with Gasteiger partial charge in [-0.25, -0.2) is 4.39 Å². The zero-order chi connectivity index (χ0) is 12.1. The third kappa shape index (κ3) is 4.05. The monoisotopic (exact) mass is 291 g/mol. The Kier molecular flexibility index (Phi) is 5.48. The molecule has 0 amide bonds. The van der Waals surface area contributed by atoms with Gasteiger partial charge in [0, 0.05) is 46.2 Å². The Bertz CT molecular complexity index is 349. The molecule has 0 saturated carbocycles. The van der Waals surface area contributed by atoms with E-state index in [0.29, 0.717) is 22.4 Å². The average Bonchev–Trinajstić information content (AvgIpc) is 2.34. The van der Waals surface area contributed by atoms with Crippen LogP contribution >= 0.6 is 35.1 Å². The van der Waals surface area contributed by atoms with Crippen LogP contribution in [0.3, 0.4) is 0 Å². The minimum Gasteiger partial charge on any atom is -0.311 e. The fourth-order valence-corrected chi connectivity index (χ4v) is 4.59. The smallest absolute Gasteiger partial charge is 0.129 e. The van der Waals surface area contributed by atoms with Crippen LogP contribution in [0.5, 0.6) is 0 Å². The van der Waals surface area contributed by atoms with Crippen molar-refractivity contribution >= 4 is 35.1 Å². The number of nitrogens with one attached hydrogen (secondary N) is 1. The summed E-state index contributed by atoms with van der Waals surface area (Å²) >= 11 is 9.95. The SMILES string of the molecule is Fc1cccc(Cl)c1CNC[C@@H]1CSCCS1. The first kappa shape index (κ1) is 13.5. The molecule has 1 fully saturated rings. The van der Waals surface area contributed by atoms with Crippen LogP contribution in [-0.4, -0.2) is 29.1 Å². The molecular formula is C12H15ClFNS2. The van der Waals surface area contributed by atoms with Gasteiger partial charge in [0.15, 0.2) is 0 Å². The molecule has 5 heteroatoms. The second-order valence-corrected chi connectivity index (χ2v) is 6.86. The Labute approximate surface area is 115 Å². The molecule has 17 heavy (non-hydrogen) atoms. The summed E-state index contributed by atoms with van der Waals surface area (Å²) in [5.41, 5.74) is 0.572. The minimum atomic E-state index is -0.226. The van der Waals surface area contributed by atoms with E-state index in [1.54, 1.807) is 12.1 Å². The molecule has 94 valence electrons. The highest BCUT2D eigenvalue weighted by Crippen LogP contribution is 2.24. The number of rotatable bonds is 4. The molecule has 1 heterocycles. The van der Waals surface area contributed by atoms with Crippen LogP contribution in [0.2, 0.25) is 5.02 Å². The summed E-state index contributed by atoms with van der Waals surface area (Å²) in [6.07, 6.45) is 0. The van der Waals surface area contributed by atoms with Crippen molar-refractivity contribution in [3.05, 3.63) is 34.6 Å². The Morgan fingerprint density at radius 2 is 2.29 bits per heavy atom. The van der Waals surface area contributed by atoms with Gasteiger partial charge in [-0.1, -0.05) is 17.7 Å². The lowest BCUT2D eigenvalue weighted by Crippen LogP contribution is -2.29. The lowest BCUT2D eigenvalue weighted by atomic mass is 10.2. The number of hydrogen-bond acceptors (Lipinski definition) is 3. The van der Waals surface area contributed by atoms with Crippen molar-refractivity contribution in [3.63, 3.8) is 0 Å². The molecule has 0 aliphatic carbocycles. The molecule has 1 nitrogen and oxygen atoms in total. The van der Waals surface area contributed by atoms with E-state index in [4.69, 9.17) is 11.6 Å². The summed E-state index contributed by atoms with van der Waals surface area (Å²) < 4.78 is 13.5. The van der Waals surface area contributed by atoms with Gasteiger partial charge < -0.3 is 5.32 Å². The van der Waals surface area contributed by atoms with E-state index in [2.05, 4.69) is 5.32 Å². The molecule has 0 unspecified atom stereocenters. The van der Waals surface area contributed by atoms with Gasteiger partial charge in [-0.3, -0.25) is 0 Å². The third-order valence-electron chi connectivity index (χ3n) is 2.62. The topological polar surface area (TPSA) is 12.0 Å². The number of benzene rings is 1. The maximum absolute atomic E-state index is 13.5. The Balaban J connectivity index is 1.81.